The van der Waals surface area contributed by atoms with Gasteiger partial charge >= 0.3 is 12.2 Å². The molecule has 0 spiro atoms. The van der Waals surface area contributed by atoms with Gasteiger partial charge in [0.25, 0.3) is 26.1 Å². The SMILES string of the molecule is O=C(Nc1cccc(C(=O)Nc2cc(S(=O)(=O)O)cc3cc(S(=O)(=O)O)cc(O)c23)c1)Nc1cccc(C(F)(F)F)c1. The van der Waals surface area contributed by atoms with Gasteiger partial charge in [-0.05, 0) is 60.0 Å². The second-order valence-corrected chi connectivity index (χ2v) is 11.5. The molecule has 6 N–H and O–H groups in total. The van der Waals surface area contributed by atoms with Crippen LogP contribution in [-0.4, -0.2) is 43.0 Å². The van der Waals surface area contributed by atoms with Crippen molar-refractivity contribution in [2.75, 3.05) is 16.0 Å². The number of aromatic hydroxyl groups is 1. The maximum absolute atomic E-state index is 13.0. The third-order valence-corrected chi connectivity index (χ3v) is 7.31. The lowest BCUT2D eigenvalue weighted by Crippen LogP contribution is -2.20. The summed E-state index contributed by atoms with van der Waals surface area (Å²) < 4.78 is 104. The molecular formula is C25H18F3N3O9S2. The zero-order valence-electron chi connectivity index (χ0n) is 20.7. The lowest BCUT2D eigenvalue weighted by atomic mass is 10.1. The summed E-state index contributed by atoms with van der Waals surface area (Å²) >= 11 is 0. The largest absolute Gasteiger partial charge is 0.507 e. The highest BCUT2D eigenvalue weighted by molar-refractivity contribution is 7.86. The Kier molecular flexibility index (Phi) is 7.88. The van der Waals surface area contributed by atoms with Gasteiger partial charge < -0.3 is 21.1 Å². The number of phenols is 1. The standard InChI is InChI=1S/C25H18F3N3O9S2/c26-25(27,28)15-4-2-6-17(10-15)30-24(34)29-16-5-1-3-13(7-16)23(33)31-20-11-18(41(35,36)37)8-14-9-19(42(38,39)40)12-21(32)22(14)20/h1-12,32H,(H,31,33)(H2,29,30,34)(H,35,36,37)(H,38,39,40). The minimum atomic E-state index is -4.90. The van der Waals surface area contributed by atoms with Crippen molar-refractivity contribution in [3.63, 3.8) is 0 Å². The lowest BCUT2D eigenvalue weighted by Gasteiger charge is -2.14. The summed E-state index contributed by atoms with van der Waals surface area (Å²) in [5, 5.41) is 16.8. The van der Waals surface area contributed by atoms with Gasteiger partial charge in [-0.15, -0.1) is 0 Å². The maximum atomic E-state index is 13.0. The molecule has 4 aromatic carbocycles. The second kappa shape index (κ2) is 10.9. The van der Waals surface area contributed by atoms with Gasteiger partial charge in [0.1, 0.15) is 5.75 Å². The first-order valence-corrected chi connectivity index (χ1v) is 14.2. The van der Waals surface area contributed by atoms with Crippen LogP contribution in [0.25, 0.3) is 10.8 Å². The zero-order chi connectivity index (χ0) is 31.0. The Morgan fingerprint density at radius 1 is 0.714 bits per heavy atom. The van der Waals surface area contributed by atoms with Crippen molar-refractivity contribution in [2.45, 2.75) is 16.0 Å². The number of fused-ring (bicyclic) bond motifs is 1. The lowest BCUT2D eigenvalue weighted by molar-refractivity contribution is -0.137. The fourth-order valence-corrected chi connectivity index (χ4v) is 4.91. The molecule has 0 saturated heterocycles. The summed E-state index contributed by atoms with van der Waals surface area (Å²) in [5.74, 6) is -1.68. The fraction of sp³-hybridized carbons (Fsp3) is 0.0400. The summed E-state index contributed by atoms with van der Waals surface area (Å²) in [6.45, 7) is 0. The third-order valence-electron chi connectivity index (χ3n) is 5.65. The molecule has 0 aliphatic heterocycles. The van der Waals surface area contributed by atoms with Crippen LogP contribution in [0, 0.1) is 0 Å². The number of benzene rings is 4. The van der Waals surface area contributed by atoms with Crippen LogP contribution in [0.3, 0.4) is 0 Å². The Labute approximate surface area is 235 Å². The molecule has 3 amide bonds. The highest BCUT2D eigenvalue weighted by atomic mass is 32.2. The number of carbonyl (C=O) groups excluding carboxylic acids is 2. The predicted molar refractivity (Wildman–Crippen MR) is 144 cm³/mol. The van der Waals surface area contributed by atoms with E-state index in [0.717, 1.165) is 36.4 Å². The molecule has 12 nitrogen and oxygen atoms in total. The van der Waals surface area contributed by atoms with Crippen LogP contribution in [0.5, 0.6) is 5.75 Å². The Bertz CT molecular complexity index is 1960. The average Bonchev–Trinajstić information content (AvgIpc) is 2.87. The smallest absolute Gasteiger partial charge is 0.416 e. The van der Waals surface area contributed by atoms with E-state index in [9.17, 15) is 53.8 Å². The van der Waals surface area contributed by atoms with Crippen LogP contribution in [0.4, 0.5) is 35.0 Å². The van der Waals surface area contributed by atoms with Gasteiger partial charge in [0.05, 0.1) is 21.0 Å². The molecule has 0 aromatic heterocycles. The molecule has 0 atom stereocenters. The Morgan fingerprint density at radius 2 is 1.26 bits per heavy atom. The number of hydrogen-bond acceptors (Lipinski definition) is 7. The number of nitrogens with one attached hydrogen (secondary N) is 3. The number of anilines is 3. The van der Waals surface area contributed by atoms with Crippen molar-refractivity contribution >= 4 is 60.0 Å². The van der Waals surface area contributed by atoms with Crippen molar-refractivity contribution in [2.24, 2.45) is 0 Å². The highest BCUT2D eigenvalue weighted by Gasteiger charge is 2.30. The molecule has 0 bridgehead atoms. The number of carbonyl (C=O) groups is 2. The van der Waals surface area contributed by atoms with E-state index >= 15 is 0 Å². The molecular weight excluding hydrogens is 607 g/mol. The van der Waals surface area contributed by atoms with Crippen molar-refractivity contribution in [1.29, 1.82) is 0 Å². The monoisotopic (exact) mass is 625 g/mol. The van der Waals surface area contributed by atoms with E-state index in [1.54, 1.807) is 0 Å². The van der Waals surface area contributed by atoms with Crippen LogP contribution in [0.1, 0.15) is 15.9 Å². The molecule has 220 valence electrons. The normalized spacial score (nSPS) is 12.1. The van der Waals surface area contributed by atoms with Crippen LogP contribution >= 0.6 is 0 Å². The molecule has 0 saturated carbocycles. The zero-order valence-corrected chi connectivity index (χ0v) is 22.3. The van der Waals surface area contributed by atoms with Crippen molar-refractivity contribution < 1.29 is 53.8 Å². The van der Waals surface area contributed by atoms with Gasteiger partial charge in [0.2, 0.25) is 0 Å². The second-order valence-electron chi connectivity index (χ2n) is 8.65. The predicted octanol–water partition coefficient (Wildman–Crippen LogP) is 4.95. The van der Waals surface area contributed by atoms with E-state index < -0.39 is 59.5 Å². The number of phenolic OH excluding ortho intramolecular Hbond substituents is 1. The Balaban J connectivity index is 1.62. The number of amides is 3. The molecule has 0 radical (unpaired) electrons. The molecule has 0 fully saturated rings. The molecule has 4 rings (SSSR count). The van der Waals surface area contributed by atoms with Crippen LogP contribution < -0.4 is 16.0 Å². The molecule has 4 aromatic rings. The average molecular weight is 626 g/mol. The first kappa shape index (κ1) is 30.3. The van der Waals surface area contributed by atoms with Gasteiger partial charge in [-0.3, -0.25) is 13.9 Å². The molecule has 0 aliphatic carbocycles. The Hall–Kier alpha value is -4.71. The van der Waals surface area contributed by atoms with Gasteiger partial charge in [0.15, 0.2) is 0 Å². The maximum Gasteiger partial charge on any atom is 0.416 e. The van der Waals surface area contributed by atoms with Crippen molar-refractivity contribution in [1.82, 2.24) is 0 Å². The van der Waals surface area contributed by atoms with E-state index in [1.807, 2.05) is 0 Å². The summed E-state index contributed by atoms with van der Waals surface area (Å²) in [4.78, 5) is 23.8. The van der Waals surface area contributed by atoms with Gasteiger partial charge in [-0.1, -0.05) is 12.1 Å². The molecule has 0 aliphatic rings. The number of halogens is 3. The first-order chi connectivity index (χ1) is 19.4. The van der Waals surface area contributed by atoms with Crippen LogP contribution in [-0.2, 0) is 26.4 Å². The van der Waals surface area contributed by atoms with E-state index in [2.05, 4.69) is 16.0 Å². The summed E-state index contributed by atoms with van der Waals surface area (Å²) in [6.07, 6.45) is -4.63. The first-order valence-electron chi connectivity index (χ1n) is 11.3. The minimum absolute atomic E-state index is 0.0318. The third kappa shape index (κ3) is 6.95. The van der Waals surface area contributed by atoms with E-state index in [-0.39, 0.29) is 33.4 Å². The van der Waals surface area contributed by atoms with Gasteiger partial charge in [0, 0.05) is 28.4 Å². The number of urea groups is 1. The van der Waals surface area contributed by atoms with Gasteiger partial charge in [-0.25, -0.2) is 4.79 Å². The Morgan fingerprint density at radius 3 is 1.83 bits per heavy atom. The number of alkyl halides is 3. The number of hydrogen-bond donors (Lipinski definition) is 6. The van der Waals surface area contributed by atoms with Crippen LogP contribution in [0.15, 0.2) is 82.6 Å². The van der Waals surface area contributed by atoms with E-state index in [1.165, 1.54) is 30.3 Å². The van der Waals surface area contributed by atoms with Gasteiger partial charge in [-0.2, -0.15) is 30.0 Å². The molecule has 17 heteroatoms. The summed E-state index contributed by atoms with van der Waals surface area (Å²) in [6, 6.07) is 11.2. The highest BCUT2D eigenvalue weighted by Crippen LogP contribution is 2.37. The minimum Gasteiger partial charge on any atom is -0.507 e. The molecule has 0 unspecified atom stereocenters. The molecule has 42 heavy (non-hydrogen) atoms. The van der Waals surface area contributed by atoms with Crippen molar-refractivity contribution in [3.05, 3.63) is 83.9 Å². The van der Waals surface area contributed by atoms with E-state index in [4.69, 9.17) is 0 Å². The quantitative estimate of drug-likeness (QED) is 0.160. The van der Waals surface area contributed by atoms with Crippen LogP contribution in [0.2, 0.25) is 0 Å². The van der Waals surface area contributed by atoms with Crippen molar-refractivity contribution in [3.8, 4) is 5.75 Å². The fourth-order valence-electron chi connectivity index (χ4n) is 3.83. The van der Waals surface area contributed by atoms with E-state index in [0.29, 0.717) is 6.07 Å². The topological polar surface area (TPSA) is 199 Å². The summed E-state index contributed by atoms with van der Waals surface area (Å²) in [5.41, 5.74) is -1.59. The number of rotatable bonds is 6. The summed E-state index contributed by atoms with van der Waals surface area (Å²) in [7, 11) is -9.73. The molecule has 0 heterocycles.